The van der Waals surface area contributed by atoms with E-state index in [1.54, 1.807) is 6.08 Å². The van der Waals surface area contributed by atoms with Gasteiger partial charge < -0.3 is 4.98 Å². The number of hydrogen-bond acceptors (Lipinski definition) is 1. The molecule has 1 aromatic heterocycles. The van der Waals surface area contributed by atoms with Gasteiger partial charge in [-0.25, -0.2) is 4.98 Å². The average molecular weight is 146 g/mol. The van der Waals surface area contributed by atoms with Crippen LogP contribution < -0.4 is 0 Å². The van der Waals surface area contributed by atoms with Gasteiger partial charge in [0.1, 0.15) is 11.5 Å². The van der Waals surface area contributed by atoms with Crippen LogP contribution in [0, 0.1) is 12.3 Å². The maximum Gasteiger partial charge on any atom is 0.116 e. The van der Waals surface area contributed by atoms with Crippen molar-refractivity contribution in [3.05, 3.63) is 23.8 Å². The molecule has 0 atom stereocenters. The van der Waals surface area contributed by atoms with Gasteiger partial charge in [0.05, 0.1) is 5.69 Å². The number of nitrogens with one attached hydrogen (secondary N) is 1. The molecule has 0 aromatic carbocycles. The van der Waals surface area contributed by atoms with Crippen molar-refractivity contribution < 1.29 is 0 Å². The first kappa shape index (κ1) is 7.62. The van der Waals surface area contributed by atoms with Crippen LogP contribution in [0.15, 0.2) is 6.58 Å². The van der Waals surface area contributed by atoms with E-state index in [2.05, 4.69) is 22.5 Å². The van der Waals surface area contributed by atoms with Crippen LogP contribution in [0.25, 0.3) is 6.08 Å². The lowest BCUT2D eigenvalue weighted by molar-refractivity contribution is 0.986. The van der Waals surface area contributed by atoms with Crippen LogP contribution in [0.3, 0.4) is 0 Å². The Hall–Kier alpha value is -1.49. The van der Waals surface area contributed by atoms with E-state index in [9.17, 15) is 0 Å². The highest BCUT2D eigenvalue weighted by molar-refractivity contribution is 5.50. The number of rotatable bonds is 2. The Labute approximate surface area is 66.4 Å². The first-order valence-electron chi connectivity index (χ1n) is 3.49. The summed E-state index contributed by atoms with van der Waals surface area (Å²) in [6.45, 7) is 5.63. The Balaban J connectivity index is 3.14. The molecule has 0 spiro atoms. The lowest BCUT2D eigenvalue weighted by atomic mass is 10.3. The number of imidazole rings is 1. The smallest absolute Gasteiger partial charge is 0.116 e. The second kappa shape index (κ2) is 3.07. The Bertz CT molecular complexity index is 302. The van der Waals surface area contributed by atoms with Gasteiger partial charge in [-0.15, -0.1) is 6.42 Å². The SMILES string of the molecule is C#Cc1[nH]c(CC)nc1C=C. The molecule has 0 saturated heterocycles. The Morgan fingerprint density at radius 1 is 1.82 bits per heavy atom. The van der Waals surface area contributed by atoms with Gasteiger partial charge in [-0.2, -0.15) is 0 Å². The van der Waals surface area contributed by atoms with E-state index >= 15 is 0 Å². The molecule has 0 saturated carbocycles. The van der Waals surface area contributed by atoms with Crippen LogP contribution in [-0.2, 0) is 6.42 Å². The van der Waals surface area contributed by atoms with Crippen LogP contribution in [-0.4, -0.2) is 9.97 Å². The van der Waals surface area contributed by atoms with Crippen molar-refractivity contribution in [1.82, 2.24) is 9.97 Å². The number of H-pyrrole nitrogens is 1. The largest absolute Gasteiger partial charge is 0.335 e. The van der Waals surface area contributed by atoms with E-state index in [0.29, 0.717) is 0 Å². The minimum absolute atomic E-state index is 0.719. The second-order valence-corrected chi connectivity index (χ2v) is 2.15. The van der Waals surface area contributed by atoms with Gasteiger partial charge in [0.25, 0.3) is 0 Å². The third-order valence-corrected chi connectivity index (χ3v) is 1.45. The molecule has 0 fully saturated rings. The zero-order valence-corrected chi connectivity index (χ0v) is 6.52. The zero-order chi connectivity index (χ0) is 8.27. The highest BCUT2D eigenvalue weighted by atomic mass is 14.9. The van der Waals surface area contributed by atoms with Crippen LogP contribution in [0.5, 0.6) is 0 Å². The van der Waals surface area contributed by atoms with Crippen LogP contribution in [0.1, 0.15) is 24.1 Å². The Morgan fingerprint density at radius 2 is 2.55 bits per heavy atom. The molecular weight excluding hydrogens is 136 g/mol. The van der Waals surface area contributed by atoms with E-state index in [4.69, 9.17) is 6.42 Å². The van der Waals surface area contributed by atoms with Crippen molar-refractivity contribution in [2.24, 2.45) is 0 Å². The standard InChI is InChI=1S/C9H10N2/c1-4-7-8(5-2)11-9(6-3)10-7/h1,5H,2,6H2,3H3,(H,10,11). The summed E-state index contributed by atoms with van der Waals surface area (Å²) in [7, 11) is 0. The lowest BCUT2D eigenvalue weighted by Crippen LogP contribution is -1.80. The third-order valence-electron chi connectivity index (χ3n) is 1.45. The molecule has 1 aromatic rings. The van der Waals surface area contributed by atoms with Gasteiger partial charge in [-0.3, -0.25) is 0 Å². The van der Waals surface area contributed by atoms with Crippen molar-refractivity contribution in [1.29, 1.82) is 0 Å². The van der Waals surface area contributed by atoms with Crippen molar-refractivity contribution in [2.75, 3.05) is 0 Å². The highest BCUT2D eigenvalue weighted by Crippen LogP contribution is 2.06. The first-order chi connectivity index (χ1) is 5.31. The summed E-state index contributed by atoms with van der Waals surface area (Å²) in [5.74, 6) is 3.42. The van der Waals surface area contributed by atoms with E-state index in [1.165, 1.54) is 0 Å². The first-order valence-corrected chi connectivity index (χ1v) is 3.49. The maximum atomic E-state index is 5.23. The highest BCUT2D eigenvalue weighted by Gasteiger charge is 2.01. The number of aromatic nitrogens is 2. The summed E-state index contributed by atoms with van der Waals surface area (Å²) >= 11 is 0. The Kier molecular flexibility index (Phi) is 2.12. The molecule has 11 heavy (non-hydrogen) atoms. The van der Waals surface area contributed by atoms with Crippen molar-refractivity contribution in [3.8, 4) is 12.3 Å². The lowest BCUT2D eigenvalue weighted by Gasteiger charge is -1.81. The van der Waals surface area contributed by atoms with E-state index in [-0.39, 0.29) is 0 Å². The van der Waals surface area contributed by atoms with Gasteiger partial charge >= 0.3 is 0 Å². The van der Waals surface area contributed by atoms with E-state index in [1.807, 2.05) is 6.92 Å². The predicted octanol–water partition coefficient (Wildman–Crippen LogP) is 1.60. The molecule has 0 aliphatic rings. The molecule has 0 aliphatic heterocycles. The van der Waals surface area contributed by atoms with Gasteiger partial charge in [-0.1, -0.05) is 19.4 Å². The van der Waals surface area contributed by atoms with Gasteiger partial charge in [0, 0.05) is 6.42 Å². The fraction of sp³-hybridized carbons (Fsp3) is 0.222. The van der Waals surface area contributed by atoms with Crippen molar-refractivity contribution >= 4 is 6.08 Å². The molecule has 1 N–H and O–H groups in total. The monoisotopic (exact) mass is 146 g/mol. The van der Waals surface area contributed by atoms with Crippen LogP contribution >= 0.6 is 0 Å². The molecular formula is C9H10N2. The molecule has 56 valence electrons. The minimum Gasteiger partial charge on any atom is -0.335 e. The molecule has 1 heterocycles. The van der Waals surface area contributed by atoms with Gasteiger partial charge in [0.2, 0.25) is 0 Å². The molecule has 0 aliphatic carbocycles. The molecule has 2 nitrogen and oxygen atoms in total. The van der Waals surface area contributed by atoms with Gasteiger partial charge in [-0.05, 0) is 6.08 Å². The van der Waals surface area contributed by atoms with Gasteiger partial charge in [0.15, 0.2) is 0 Å². The summed E-state index contributed by atoms with van der Waals surface area (Å²) in [5, 5.41) is 0. The normalized spacial score (nSPS) is 9.09. The average Bonchev–Trinajstić information content (AvgIpc) is 2.46. The van der Waals surface area contributed by atoms with Crippen molar-refractivity contribution in [2.45, 2.75) is 13.3 Å². The minimum atomic E-state index is 0.719. The summed E-state index contributed by atoms with van der Waals surface area (Å²) in [4.78, 5) is 7.22. The second-order valence-electron chi connectivity index (χ2n) is 2.15. The topological polar surface area (TPSA) is 28.7 Å². The molecule has 1 rings (SSSR count). The predicted molar refractivity (Wildman–Crippen MR) is 46.0 cm³/mol. The number of terminal acetylenes is 1. The van der Waals surface area contributed by atoms with E-state index < -0.39 is 0 Å². The molecule has 0 radical (unpaired) electrons. The molecule has 0 amide bonds. The number of hydrogen-bond donors (Lipinski definition) is 1. The summed E-state index contributed by atoms with van der Waals surface area (Å²) in [5.41, 5.74) is 1.49. The summed E-state index contributed by atoms with van der Waals surface area (Å²) in [6.07, 6.45) is 7.75. The van der Waals surface area contributed by atoms with E-state index in [0.717, 1.165) is 23.6 Å². The Morgan fingerprint density at radius 3 is 2.91 bits per heavy atom. The summed E-state index contributed by atoms with van der Waals surface area (Å²) < 4.78 is 0. The number of aromatic amines is 1. The summed E-state index contributed by atoms with van der Waals surface area (Å²) in [6, 6.07) is 0. The molecule has 0 bridgehead atoms. The number of aryl methyl sites for hydroxylation is 1. The van der Waals surface area contributed by atoms with Crippen LogP contribution in [0.4, 0.5) is 0 Å². The van der Waals surface area contributed by atoms with Crippen LogP contribution in [0.2, 0.25) is 0 Å². The molecule has 0 unspecified atom stereocenters. The maximum absolute atomic E-state index is 5.23. The fourth-order valence-corrected chi connectivity index (χ4v) is 0.863. The number of nitrogens with zero attached hydrogens (tertiary/aromatic N) is 1. The third kappa shape index (κ3) is 1.32. The van der Waals surface area contributed by atoms with Crippen molar-refractivity contribution in [3.63, 3.8) is 0 Å². The quantitative estimate of drug-likeness (QED) is 0.631. The fourth-order valence-electron chi connectivity index (χ4n) is 0.863. The molecule has 2 heteroatoms. The zero-order valence-electron chi connectivity index (χ0n) is 6.52.